The Morgan fingerprint density at radius 3 is 0.852 bits per heavy atom. The van der Waals surface area contributed by atoms with Gasteiger partial charge in [0.05, 0.1) is 0 Å². The Morgan fingerprint density at radius 2 is 0.704 bits per heavy atom. The molecule has 27 heavy (non-hydrogen) atoms. The molecule has 0 N–H and O–H groups in total. The molecule has 0 aromatic heterocycles. The number of rotatable bonds is 8. The molecule has 0 aromatic rings. The summed E-state index contributed by atoms with van der Waals surface area (Å²) in [6.07, 6.45) is 2.91. The van der Waals surface area contributed by atoms with Gasteiger partial charge in [0.25, 0.3) is 0 Å². The number of ketones is 2. The normalized spacial score (nSPS) is 6.15. The summed E-state index contributed by atoms with van der Waals surface area (Å²) in [7, 11) is 0. The van der Waals surface area contributed by atoms with Crippen molar-refractivity contribution in [3.05, 3.63) is 11.8 Å². The van der Waals surface area contributed by atoms with Crippen molar-refractivity contribution in [1.82, 2.24) is 0 Å². The van der Waals surface area contributed by atoms with Gasteiger partial charge in [-0.3, -0.25) is 0 Å². The van der Waals surface area contributed by atoms with Crippen LogP contribution in [0.5, 0.6) is 0 Å². The maximum absolute atomic E-state index is 11.3. The Bertz CT molecular complexity index is 194. The molecule has 0 spiro atoms. The summed E-state index contributed by atoms with van der Waals surface area (Å²) >= 11 is 0. The summed E-state index contributed by atoms with van der Waals surface area (Å²) in [5, 5.41) is 0. The Kier molecular flexibility index (Phi) is 216. The van der Waals surface area contributed by atoms with E-state index in [2.05, 4.69) is 0 Å². The summed E-state index contributed by atoms with van der Waals surface area (Å²) in [5.74, 6) is 2.79. The number of hydrogen-bond acceptors (Lipinski definition) is 2. The molecule has 0 aliphatic carbocycles. The van der Waals surface area contributed by atoms with Crippen molar-refractivity contribution in [3.8, 4) is 0 Å². The Labute approximate surface area is 167 Å². The summed E-state index contributed by atoms with van der Waals surface area (Å²) in [6.45, 7) is 7.83. The van der Waals surface area contributed by atoms with E-state index in [4.69, 9.17) is 0 Å². The first kappa shape index (κ1) is 103. The van der Waals surface area contributed by atoms with Crippen LogP contribution in [0.4, 0.5) is 0 Å². The van der Waals surface area contributed by atoms with Gasteiger partial charge in [-0.05, 0) is 6.42 Å². The zero-order chi connectivity index (χ0) is 11.8. The summed E-state index contributed by atoms with van der Waals surface area (Å²) in [4.78, 5) is 22.6. The second-order valence-corrected chi connectivity index (χ2v) is 4.70. The molecule has 2 nitrogen and oxygen atoms in total. The van der Waals surface area contributed by atoms with E-state index in [0.29, 0.717) is 32.1 Å². The molecule has 0 saturated heterocycles. The number of carbonyl (C=O) groups is 2. The van der Waals surface area contributed by atoms with Gasteiger partial charge in [-0.2, -0.15) is 27.7 Å². The molecule has 0 rings (SSSR count). The fourth-order valence-corrected chi connectivity index (χ4v) is 1.45. The van der Waals surface area contributed by atoms with Crippen molar-refractivity contribution < 1.29 is 9.59 Å². The molecule has 0 aliphatic rings. The second kappa shape index (κ2) is 56.6. The molecule has 0 fully saturated rings. The third kappa shape index (κ3) is 82.7. The average Bonchev–Trinajstić information content (AvgIpc) is 2.00. The molecule has 0 radical (unpaired) electrons. The van der Waals surface area contributed by atoms with E-state index < -0.39 is 0 Å². The summed E-state index contributed by atoms with van der Waals surface area (Å²) in [6, 6.07) is 0. The smallest absolute Gasteiger partial charge is 0.103 e. The molecular weight excluding hydrogens is 842 g/mol. The van der Waals surface area contributed by atoms with E-state index in [-0.39, 0.29) is 85.8 Å². The maximum Gasteiger partial charge on any atom is 0.103 e. The Balaban J connectivity index is -0.0000000148. The fraction of sp³-hybridized carbons (Fsp3) is 0.826. The zero-order valence-electron chi connectivity index (χ0n) is 11.8. The van der Waals surface area contributed by atoms with Gasteiger partial charge in [0, 0.05) is 12.8 Å². The molecule has 0 heterocycles. The molecular formula is C23H62O2Rf2-2. The Hall–Kier alpha value is -2.66. The molecule has 0 aliphatic heterocycles. The minimum Gasteiger partial charge on any atom is -0.313 e. The largest absolute Gasteiger partial charge is 0.313 e. The Morgan fingerprint density at radius 1 is 0.519 bits per heavy atom. The third-order valence-electron chi connectivity index (χ3n) is 2.01. The van der Waals surface area contributed by atoms with Gasteiger partial charge in [-0.15, -0.1) is 12.8 Å². The first-order valence-corrected chi connectivity index (χ1v) is 5.53. The molecule has 0 saturated carbocycles. The van der Waals surface area contributed by atoms with Crippen LogP contribution in [0.1, 0.15) is 134 Å². The molecule has 0 bridgehead atoms. The standard InChI is InChI=1S/C13H22O2.10CH4.2Rf/c1-10(2)8-12(14)6-5-7-13(15)9-11(3)4;;;;;;;;;;;;/h5-9H2,1-4H3;10*1H4;;/q-2;;;;;;;;;;;;. The van der Waals surface area contributed by atoms with Crippen molar-refractivity contribution in [2.24, 2.45) is 0 Å². The minimum absolute atomic E-state index is 0. The zero-order valence-corrected chi connectivity index (χ0v) is 24.6. The van der Waals surface area contributed by atoms with Crippen molar-refractivity contribution in [1.29, 1.82) is 0 Å². The average molecular weight is 905 g/mol. The van der Waals surface area contributed by atoms with Crippen molar-refractivity contribution in [2.75, 3.05) is 0 Å². The van der Waals surface area contributed by atoms with Gasteiger partial charge in [0.1, 0.15) is 11.6 Å². The van der Waals surface area contributed by atoms with E-state index in [1.54, 1.807) is 0 Å². The first-order chi connectivity index (χ1) is 6.91. The van der Waals surface area contributed by atoms with Crippen LogP contribution in [0, 0.1) is 11.8 Å². The first-order valence-electron chi connectivity index (χ1n) is 5.53. The van der Waals surface area contributed by atoms with Crippen LogP contribution in [0.3, 0.4) is 0 Å². The quantitative estimate of drug-likeness (QED) is 0.228. The second-order valence-electron chi connectivity index (χ2n) is 4.70. The van der Waals surface area contributed by atoms with Crippen molar-refractivity contribution >= 4 is 11.6 Å². The van der Waals surface area contributed by atoms with Crippen LogP contribution < -0.4 is 0 Å². The van der Waals surface area contributed by atoms with E-state index in [1.165, 1.54) is 0 Å². The van der Waals surface area contributed by atoms with Crippen LogP contribution in [0.15, 0.2) is 0 Å². The van der Waals surface area contributed by atoms with Gasteiger partial charge >= 0.3 is 0 Å². The molecule has 0 aromatic carbocycles. The number of hydrogen-bond donors (Lipinski definition) is 0. The number of Topliss-reactive ketones (excluding diaryl/α,β-unsaturated/α-hetero) is 2. The molecule has 4 heteroatoms. The third-order valence-corrected chi connectivity index (χ3v) is 2.01. The molecule has 172 valence electrons. The van der Waals surface area contributed by atoms with E-state index >= 15 is 0 Å². The SMILES string of the molecule is C.C.C.C.C.C.C.C.C.C.C[C-](C)CC(=O)CCCC(=O)C[C-](C)C.[Rf].[Rf]. The topological polar surface area (TPSA) is 34.1 Å². The van der Waals surface area contributed by atoms with Gasteiger partial charge in [0.2, 0.25) is 0 Å². The van der Waals surface area contributed by atoms with Gasteiger partial charge in [-0.25, -0.2) is 0 Å². The predicted molar refractivity (Wildman–Crippen MR) is 130 cm³/mol. The van der Waals surface area contributed by atoms with Crippen LogP contribution in [-0.2, 0) is 9.59 Å². The van der Waals surface area contributed by atoms with Crippen LogP contribution in [0.2, 0.25) is 0 Å². The van der Waals surface area contributed by atoms with E-state index in [1.807, 2.05) is 27.7 Å². The van der Waals surface area contributed by atoms with Gasteiger partial charge in [-0.1, -0.05) is 74.3 Å². The van der Waals surface area contributed by atoms with Crippen molar-refractivity contribution in [3.63, 3.8) is 0 Å². The number of carbonyl (C=O) groups excluding carboxylic acids is 2. The maximum atomic E-state index is 11.3. The molecule has 0 unspecified atom stereocenters. The molecule has 0 atom stereocenters. The van der Waals surface area contributed by atoms with Crippen LogP contribution in [-0.4, -0.2) is 11.6 Å². The van der Waals surface area contributed by atoms with Crippen LogP contribution in [0.25, 0.3) is 0 Å². The predicted octanol–water partition coefficient (Wildman–Crippen LogP) is 9.66. The van der Waals surface area contributed by atoms with Crippen molar-refractivity contribution in [2.45, 2.75) is 134 Å². The van der Waals surface area contributed by atoms with Gasteiger partial charge in [0.15, 0.2) is 0 Å². The van der Waals surface area contributed by atoms with E-state index in [0.717, 1.165) is 11.8 Å². The summed E-state index contributed by atoms with van der Waals surface area (Å²) < 4.78 is 0. The minimum atomic E-state index is 0. The molecule has 0 amide bonds. The fourth-order valence-electron chi connectivity index (χ4n) is 1.45. The van der Waals surface area contributed by atoms with E-state index in [9.17, 15) is 9.59 Å². The monoisotopic (exact) mass is 905 g/mol. The van der Waals surface area contributed by atoms with Gasteiger partial charge < -0.3 is 21.4 Å². The summed E-state index contributed by atoms with van der Waals surface area (Å²) in [5.41, 5.74) is 0. The van der Waals surface area contributed by atoms with Crippen LogP contribution >= 0.6 is 0 Å².